The molecule has 0 aromatic rings. The van der Waals surface area contributed by atoms with Gasteiger partial charge in [-0.15, -0.1) is 0 Å². The van der Waals surface area contributed by atoms with Crippen LogP contribution in [0.15, 0.2) is 12.2 Å². The molecule has 10 heavy (non-hydrogen) atoms. The second kappa shape index (κ2) is 2.86. The minimum Gasteiger partial charge on any atom is -0.458 e. The number of carbonyl (C=O) groups is 1. The largest absolute Gasteiger partial charge is 0.458 e. The Morgan fingerprint density at radius 1 is 1.60 bits per heavy atom. The number of esters is 1. The molecule has 0 amide bonds. The number of carbonyl (C=O) groups excluding carboxylic acids is 1. The van der Waals surface area contributed by atoms with E-state index in [9.17, 15) is 4.79 Å². The predicted octanol–water partition coefficient (Wildman–Crippen LogP) is 1.51. The van der Waals surface area contributed by atoms with E-state index in [1.807, 2.05) is 6.08 Å². The third-order valence-electron chi connectivity index (χ3n) is 1.58. The number of hydrogen-bond acceptors (Lipinski definition) is 2. The van der Waals surface area contributed by atoms with E-state index in [1.54, 1.807) is 0 Å². The van der Waals surface area contributed by atoms with Gasteiger partial charge >= 0.3 is 5.97 Å². The molecule has 0 radical (unpaired) electrons. The van der Waals surface area contributed by atoms with E-state index in [0.717, 1.165) is 6.42 Å². The molecule has 56 valence electrons. The molecule has 0 saturated heterocycles. The summed E-state index contributed by atoms with van der Waals surface area (Å²) in [5.74, 6) is 0.369. The van der Waals surface area contributed by atoms with E-state index < -0.39 is 0 Å². The Morgan fingerprint density at radius 3 is 2.70 bits per heavy atom. The first kappa shape index (κ1) is 7.32. The molecule has 0 aromatic carbocycles. The van der Waals surface area contributed by atoms with Crippen LogP contribution in [0.1, 0.15) is 20.3 Å². The van der Waals surface area contributed by atoms with E-state index in [2.05, 4.69) is 13.0 Å². The lowest BCUT2D eigenvalue weighted by Gasteiger charge is -2.08. The van der Waals surface area contributed by atoms with Gasteiger partial charge in [0, 0.05) is 6.92 Å². The zero-order chi connectivity index (χ0) is 7.56. The highest BCUT2D eigenvalue weighted by molar-refractivity contribution is 5.66. The standard InChI is InChI=1S/C8H12O2/c1-6-3-4-8(5-6)10-7(2)9/h3-4,6,8H,5H2,1-2H3/t6-,8-/m1/s1. The summed E-state index contributed by atoms with van der Waals surface area (Å²) in [6.45, 7) is 3.55. The Bertz CT molecular complexity index is 161. The van der Waals surface area contributed by atoms with Gasteiger partial charge in [-0.3, -0.25) is 4.79 Å². The highest BCUT2D eigenvalue weighted by Gasteiger charge is 2.16. The maximum absolute atomic E-state index is 10.5. The van der Waals surface area contributed by atoms with Crippen LogP contribution in [0, 0.1) is 5.92 Å². The molecule has 1 rings (SSSR count). The quantitative estimate of drug-likeness (QED) is 0.407. The number of rotatable bonds is 1. The van der Waals surface area contributed by atoms with E-state index in [4.69, 9.17) is 4.74 Å². The SMILES string of the molecule is CC(=O)O[C@@H]1C=C[C@@H](C)C1. The van der Waals surface area contributed by atoms with Crippen LogP contribution in [0.5, 0.6) is 0 Å². The topological polar surface area (TPSA) is 26.3 Å². The van der Waals surface area contributed by atoms with Crippen LogP contribution in [0.2, 0.25) is 0 Å². The molecule has 0 unspecified atom stereocenters. The summed E-state index contributed by atoms with van der Waals surface area (Å²) >= 11 is 0. The molecule has 0 fully saturated rings. The van der Waals surface area contributed by atoms with Crippen molar-refractivity contribution >= 4 is 5.97 Å². The fourth-order valence-corrected chi connectivity index (χ4v) is 1.14. The molecule has 0 N–H and O–H groups in total. The maximum atomic E-state index is 10.5. The fraction of sp³-hybridized carbons (Fsp3) is 0.625. The van der Waals surface area contributed by atoms with Gasteiger partial charge < -0.3 is 4.74 Å². The van der Waals surface area contributed by atoms with Crippen molar-refractivity contribution in [2.24, 2.45) is 5.92 Å². The smallest absolute Gasteiger partial charge is 0.303 e. The van der Waals surface area contributed by atoms with Crippen LogP contribution in [0.4, 0.5) is 0 Å². The summed E-state index contributed by atoms with van der Waals surface area (Å²) in [6.07, 6.45) is 5.01. The minimum atomic E-state index is -0.191. The molecule has 1 aliphatic rings. The lowest BCUT2D eigenvalue weighted by atomic mass is 10.1. The molecule has 1 aliphatic carbocycles. The highest BCUT2D eigenvalue weighted by Crippen LogP contribution is 2.19. The predicted molar refractivity (Wildman–Crippen MR) is 38.5 cm³/mol. The van der Waals surface area contributed by atoms with Crippen LogP contribution < -0.4 is 0 Å². The number of ether oxygens (including phenoxy) is 1. The Hall–Kier alpha value is -0.790. The summed E-state index contributed by atoms with van der Waals surface area (Å²) in [4.78, 5) is 10.5. The van der Waals surface area contributed by atoms with Crippen molar-refractivity contribution in [2.75, 3.05) is 0 Å². The van der Waals surface area contributed by atoms with Crippen molar-refractivity contribution in [2.45, 2.75) is 26.4 Å². The lowest BCUT2D eigenvalue weighted by molar-refractivity contribution is -0.144. The monoisotopic (exact) mass is 140 g/mol. The molecule has 0 aromatic heterocycles. The maximum Gasteiger partial charge on any atom is 0.303 e. The fourth-order valence-electron chi connectivity index (χ4n) is 1.14. The summed E-state index contributed by atoms with van der Waals surface area (Å²) in [5, 5.41) is 0. The van der Waals surface area contributed by atoms with Gasteiger partial charge in [0.15, 0.2) is 0 Å². The molecular weight excluding hydrogens is 128 g/mol. The van der Waals surface area contributed by atoms with Crippen LogP contribution in [0.25, 0.3) is 0 Å². The van der Waals surface area contributed by atoms with Crippen molar-refractivity contribution in [1.29, 1.82) is 0 Å². The molecule has 2 atom stereocenters. The molecule has 2 nitrogen and oxygen atoms in total. The summed E-state index contributed by atoms with van der Waals surface area (Å²) in [5.41, 5.74) is 0. The van der Waals surface area contributed by atoms with E-state index >= 15 is 0 Å². The zero-order valence-electron chi connectivity index (χ0n) is 6.33. The molecule has 0 bridgehead atoms. The van der Waals surface area contributed by atoms with Gasteiger partial charge in [0.25, 0.3) is 0 Å². The summed E-state index contributed by atoms with van der Waals surface area (Å²) in [7, 11) is 0. The molecule has 0 aliphatic heterocycles. The van der Waals surface area contributed by atoms with Gasteiger partial charge in [0.2, 0.25) is 0 Å². The van der Waals surface area contributed by atoms with Crippen molar-refractivity contribution in [3.63, 3.8) is 0 Å². The van der Waals surface area contributed by atoms with E-state index in [1.165, 1.54) is 6.92 Å². The average Bonchev–Trinajstić information content (AvgIpc) is 2.13. The molecule has 0 heterocycles. The average molecular weight is 140 g/mol. The first-order valence-corrected chi connectivity index (χ1v) is 3.54. The Morgan fingerprint density at radius 2 is 2.30 bits per heavy atom. The van der Waals surface area contributed by atoms with Gasteiger partial charge in [-0.05, 0) is 18.4 Å². The molecule has 0 saturated carbocycles. The molecular formula is C8H12O2. The highest BCUT2D eigenvalue weighted by atomic mass is 16.5. The first-order valence-electron chi connectivity index (χ1n) is 3.54. The number of allylic oxidation sites excluding steroid dienone is 1. The van der Waals surface area contributed by atoms with Crippen LogP contribution >= 0.6 is 0 Å². The summed E-state index contributed by atoms with van der Waals surface area (Å²) < 4.78 is 4.96. The van der Waals surface area contributed by atoms with Gasteiger partial charge in [-0.25, -0.2) is 0 Å². The van der Waals surface area contributed by atoms with Gasteiger partial charge in [0.05, 0.1) is 0 Å². The van der Waals surface area contributed by atoms with Crippen molar-refractivity contribution in [3.8, 4) is 0 Å². The van der Waals surface area contributed by atoms with E-state index in [0.29, 0.717) is 5.92 Å². The normalized spacial score (nSPS) is 30.6. The van der Waals surface area contributed by atoms with Gasteiger partial charge in [-0.1, -0.05) is 13.0 Å². The first-order chi connectivity index (χ1) is 4.68. The van der Waals surface area contributed by atoms with Gasteiger partial charge in [-0.2, -0.15) is 0 Å². The van der Waals surface area contributed by atoms with Crippen LogP contribution in [-0.4, -0.2) is 12.1 Å². The third-order valence-corrected chi connectivity index (χ3v) is 1.58. The minimum absolute atomic E-state index is 0.0347. The van der Waals surface area contributed by atoms with Crippen molar-refractivity contribution in [1.82, 2.24) is 0 Å². The summed E-state index contributed by atoms with van der Waals surface area (Å²) in [6, 6.07) is 0. The van der Waals surface area contributed by atoms with E-state index in [-0.39, 0.29) is 12.1 Å². The Labute approximate surface area is 60.9 Å². The molecule has 2 heteroatoms. The van der Waals surface area contributed by atoms with Crippen LogP contribution in [0.3, 0.4) is 0 Å². The Kier molecular flexibility index (Phi) is 2.10. The second-order valence-corrected chi connectivity index (χ2v) is 2.75. The van der Waals surface area contributed by atoms with Crippen molar-refractivity contribution in [3.05, 3.63) is 12.2 Å². The van der Waals surface area contributed by atoms with Crippen molar-refractivity contribution < 1.29 is 9.53 Å². The second-order valence-electron chi connectivity index (χ2n) is 2.75. The van der Waals surface area contributed by atoms with Crippen LogP contribution in [-0.2, 0) is 9.53 Å². The zero-order valence-corrected chi connectivity index (χ0v) is 6.33. The Balaban J connectivity index is 2.33. The van der Waals surface area contributed by atoms with Gasteiger partial charge in [0.1, 0.15) is 6.10 Å². The number of hydrogen-bond donors (Lipinski definition) is 0. The third kappa shape index (κ3) is 1.87. The lowest BCUT2D eigenvalue weighted by Crippen LogP contribution is -2.11. The molecule has 0 spiro atoms.